The van der Waals surface area contributed by atoms with Crippen LogP contribution in [-0.4, -0.2) is 18.4 Å². The second-order valence-electron chi connectivity index (χ2n) is 5.22. The Hall–Kier alpha value is -2.24. The van der Waals surface area contributed by atoms with Gasteiger partial charge in [-0.15, -0.1) is 0 Å². The van der Waals surface area contributed by atoms with E-state index < -0.39 is 11.8 Å². The highest BCUT2D eigenvalue weighted by Crippen LogP contribution is 2.19. The van der Waals surface area contributed by atoms with E-state index in [1.165, 1.54) is 18.2 Å². The van der Waals surface area contributed by atoms with Crippen LogP contribution >= 0.6 is 23.2 Å². The molecule has 2 aromatic carbocycles. The van der Waals surface area contributed by atoms with E-state index in [1.807, 2.05) is 32.0 Å². The lowest BCUT2D eigenvalue weighted by Crippen LogP contribution is -2.43. The van der Waals surface area contributed by atoms with Crippen LogP contribution in [0, 0.1) is 13.8 Å². The van der Waals surface area contributed by atoms with E-state index in [0.29, 0.717) is 15.8 Å². The molecule has 2 amide bonds. The van der Waals surface area contributed by atoms with Gasteiger partial charge in [0.25, 0.3) is 11.8 Å². The van der Waals surface area contributed by atoms with Gasteiger partial charge in [-0.1, -0.05) is 35.3 Å². The van der Waals surface area contributed by atoms with Crippen molar-refractivity contribution in [3.05, 3.63) is 63.1 Å². The number of carbonyl (C=O) groups is 2. The van der Waals surface area contributed by atoms with Crippen molar-refractivity contribution in [2.75, 3.05) is 6.61 Å². The highest BCUT2D eigenvalue weighted by molar-refractivity contribution is 6.35. The summed E-state index contributed by atoms with van der Waals surface area (Å²) in [4.78, 5) is 23.7. The molecule has 24 heavy (non-hydrogen) atoms. The summed E-state index contributed by atoms with van der Waals surface area (Å²) in [6.07, 6.45) is 0. The number of hydrogen-bond acceptors (Lipinski definition) is 3. The Morgan fingerprint density at radius 2 is 1.67 bits per heavy atom. The molecule has 0 radical (unpaired) electrons. The summed E-state index contributed by atoms with van der Waals surface area (Å²) in [6.45, 7) is 3.60. The molecular formula is C17H16Cl2N2O3. The lowest BCUT2D eigenvalue weighted by molar-refractivity contribution is -0.123. The number of hydrazine groups is 1. The molecule has 0 fully saturated rings. The fourth-order valence-electron chi connectivity index (χ4n) is 1.93. The van der Waals surface area contributed by atoms with Crippen molar-refractivity contribution in [3.63, 3.8) is 0 Å². The fourth-order valence-corrected chi connectivity index (χ4v) is 2.45. The first-order valence-electron chi connectivity index (χ1n) is 7.10. The van der Waals surface area contributed by atoms with Crippen LogP contribution in [0.2, 0.25) is 10.0 Å². The van der Waals surface area contributed by atoms with E-state index in [2.05, 4.69) is 10.9 Å². The second-order valence-corrected chi connectivity index (χ2v) is 6.09. The van der Waals surface area contributed by atoms with Crippen LogP contribution in [0.15, 0.2) is 36.4 Å². The summed E-state index contributed by atoms with van der Waals surface area (Å²) >= 11 is 11.7. The molecule has 0 heterocycles. The third-order valence-electron chi connectivity index (χ3n) is 3.14. The van der Waals surface area contributed by atoms with Gasteiger partial charge < -0.3 is 4.74 Å². The Bertz CT molecular complexity index is 758. The number of ether oxygens (including phenoxy) is 1. The highest BCUT2D eigenvalue weighted by atomic mass is 35.5. The number of amides is 2. The Labute approximate surface area is 149 Å². The number of halogens is 2. The van der Waals surface area contributed by atoms with Gasteiger partial charge in [-0.05, 0) is 49.2 Å². The average molecular weight is 367 g/mol. The topological polar surface area (TPSA) is 67.4 Å². The summed E-state index contributed by atoms with van der Waals surface area (Å²) in [5, 5.41) is 0.662. The van der Waals surface area contributed by atoms with Crippen molar-refractivity contribution < 1.29 is 14.3 Å². The van der Waals surface area contributed by atoms with Crippen LogP contribution in [0.25, 0.3) is 0 Å². The zero-order chi connectivity index (χ0) is 17.7. The van der Waals surface area contributed by atoms with Crippen molar-refractivity contribution >= 4 is 35.0 Å². The largest absolute Gasteiger partial charge is 0.483 e. The average Bonchev–Trinajstić information content (AvgIpc) is 2.52. The molecule has 0 aliphatic rings. The van der Waals surface area contributed by atoms with Crippen LogP contribution in [-0.2, 0) is 4.79 Å². The smallest absolute Gasteiger partial charge is 0.276 e. The highest BCUT2D eigenvalue weighted by Gasteiger charge is 2.10. The maximum absolute atomic E-state index is 11.9. The fraction of sp³-hybridized carbons (Fsp3) is 0.176. The Balaban J connectivity index is 1.86. The van der Waals surface area contributed by atoms with Gasteiger partial charge in [-0.2, -0.15) is 0 Å². The summed E-state index contributed by atoms with van der Waals surface area (Å²) in [5.74, 6) is -0.394. The molecule has 0 atom stereocenters. The van der Waals surface area contributed by atoms with Crippen molar-refractivity contribution in [2.45, 2.75) is 13.8 Å². The predicted octanol–water partition coefficient (Wildman–Crippen LogP) is 3.45. The van der Waals surface area contributed by atoms with E-state index in [9.17, 15) is 9.59 Å². The van der Waals surface area contributed by atoms with E-state index >= 15 is 0 Å². The molecule has 0 saturated heterocycles. The zero-order valence-electron chi connectivity index (χ0n) is 13.2. The van der Waals surface area contributed by atoms with Crippen LogP contribution in [0.1, 0.15) is 21.5 Å². The third kappa shape index (κ3) is 5.15. The minimum atomic E-state index is -0.528. The Morgan fingerprint density at radius 3 is 2.33 bits per heavy atom. The molecule has 126 valence electrons. The maximum atomic E-state index is 11.9. The molecule has 0 unspecified atom stereocenters. The van der Waals surface area contributed by atoms with Gasteiger partial charge in [0, 0.05) is 15.6 Å². The molecule has 5 nitrogen and oxygen atoms in total. The quantitative estimate of drug-likeness (QED) is 0.814. The zero-order valence-corrected chi connectivity index (χ0v) is 14.7. The van der Waals surface area contributed by atoms with Gasteiger partial charge in [-0.3, -0.25) is 20.4 Å². The van der Waals surface area contributed by atoms with Gasteiger partial charge in [0.1, 0.15) is 5.75 Å². The molecule has 0 aromatic heterocycles. The lowest BCUT2D eigenvalue weighted by Gasteiger charge is -2.11. The van der Waals surface area contributed by atoms with Crippen molar-refractivity contribution in [2.24, 2.45) is 0 Å². The molecular weight excluding hydrogens is 351 g/mol. The van der Waals surface area contributed by atoms with Gasteiger partial charge in [0.2, 0.25) is 0 Å². The first kappa shape index (κ1) is 18.1. The first-order chi connectivity index (χ1) is 11.3. The van der Waals surface area contributed by atoms with Gasteiger partial charge in [-0.25, -0.2) is 0 Å². The number of benzene rings is 2. The van der Waals surface area contributed by atoms with Gasteiger partial charge >= 0.3 is 0 Å². The first-order valence-corrected chi connectivity index (χ1v) is 7.86. The standard InChI is InChI=1S/C17H16Cl2N2O3/c1-10-3-4-11(2)15(5-10)24-9-16(22)20-21-17(23)12-6-13(18)8-14(19)7-12/h3-8H,9H2,1-2H3,(H,20,22)(H,21,23). The molecule has 7 heteroatoms. The maximum Gasteiger partial charge on any atom is 0.276 e. The molecule has 0 spiro atoms. The molecule has 2 rings (SSSR count). The van der Waals surface area contributed by atoms with Gasteiger partial charge in [0.05, 0.1) is 0 Å². The van der Waals surface area contributed by atoms with E-state index in [-0.39, 0.29) is 12.2 Å². The summed E-state index contributed by atoms with van der Waals surface area (Å²) in [5.41, 5.74) is 6.75. The van der Waals surface area contributed by atoms with Crippen LogP contribution in [0.5, 0.6) is 5.75 Å². The van der Waals surface area contributed by atoms with Gasteiger partial charge in [0.15, 0.2) is 6.61 Å². The molecule has 0 saturated carbocycles. The number of aryl methyl sites for hydroxylation is 2. The summed E-state index contributed by atoms with van der Waals surface area (Å²) in [7, 11) is 0. The summed E-state index contributed by atoms with van der Waals surface area (Å²) < 4.78 is 5.45. The SMILES string of the molecule is Cc1ccc(C)c(OCC(=O)NNC(=O)c2cc(Cl)cc(Cl)c2)c1. The lowest BCUT2D eigenvalue weighted by atomic mass is 10.1. The Kier molecular flexibility index (Phi) is 6.06. The predicted molar refractivity (Wildman–Crippen MR) is 93.5 cm³/mol. The Morgan fingerprint density at radius 1 is 1.00 bits per heavy atom. The number of nitrogens with one attached hydrogen (secondary N) is 2. The monoisotopic (exact) mass is 366 g/mol. The minimum absolute atomic E-state index is 0.221. The normalized spacial score (nSPS) is 10.2. The summed E-state index contributed by atoms with van der Waals surface area (Å²) in [6, 6.07) is 10.1. The molecule has 0 aliphatic heterocycles. The van der Waals surface area contributed by atoms with Crippen LogP contribution in [0.4, 0.5) is 0 Å². The number of hydrogen-bond donors (Lipinski definition) is 2. The van der Waals surface area contributed by atoms with E-state index in [1.54, 1.807) is 0 Å². The van der Waals surface area contributed by atoms with Crippen molar-refractivity contribution in [3.8, 4) is 5.75 Å². The van der Waals surface area contributed by atoms with Crippen LogP contribution in [0.3, 0.4) is 0 Å². The van der Waals surface area contributed by atoms with E-state index in [0.717, 1.165) is 11.1 Å². The second kappa shape index (κ2) is 8.04. The van der Waals surface area contributed by atoms with Crippen molar-refractivity contribution in [1.82, 2.24) is 10.9 Å². The molecule has 2 aromatic rings. The van der Waals surface area contributed by atoms with E-state index in [4.69, 9.17) is 27.9 Å². The molecule has 0 aliphatic carbocycles. The molecule has 0 bridgehead atoms. The number of rotatable bonds is 4. The third-order valence-corrected chi connectivity index (χ3v) is 3.58. The van der Waals surface area contributed by atoms with Crippen molar-refractivity contribution in [1.29, 1.82) is 0 Å². The van der Waals surface area contributed by atoms with Crippen LogP contribution < -0.4 is 15.6 Å². The minimum Gasteiger partial charge on any atom is -0.483 e. The molecule has 2 N–H and O–H groups in total. The number of carbonyl (C=O) groups excluding carboxylic acids is 2.